The molecule has 4 aliphatic rings. The maximum absolute atomic E-state index is 13.8. The van der Waals surface area contributed by atoms with Crippen molar-refractivity contribution in [1.82, 2.24) is 0 Å². The maximum atomic E-state index is 13.8. The van der Waals surface area contributed by atoms with Crippen LogP contribution in [0.3, 0.4) is 0 Å². The number of carbonyl (C=O) groups excluding carboxylic acids is 3. The van der Waals surface area contributed by atoms with Gasteiger partial charge in [-0.05, 0) is 60.7 Å². The highest BCUT2D eigenvalue weighted by atomic mass is 127. The molecule has 4 rings (SSSR count). The van der Waals surface area contributed by atoms with Crippen LogP contribution in [-0.4, -0.2) is 31.8 Å². The molecule has 30 heavy (non-hydrogen) atoms. The first kappa shape index (κ1) is 22.4. The molecule has 0 spiro atoms. The largest absolute Gasteiger partial charge is 0.481 e. The van der Waals surface area contributed by atoms with Crippen LogP contribution in [0.4, 0.5) is 0 Å². The van der Waals surface area contributed by atoms with E-state index in [1.54, 1.807) is 0 Å². The van der Waals surface area contributed by atoms with Crippen LogP contribution in [0.2, 0.25) is 0 Å². The zero-order chi connectivity index (χ0) is 22.1. The van der Waals surface area contributed by atoms with Crippen molar-refractivity contribution in [2.75, 3.05) is 0 Å². The molecule has 0 radical (unpaired) electrons. The third kappa shape index (κ3) is 2.83. The summed E-state index contributed by atoms with van der Waals surface area (Å²) in [5.41, 5.74) is -1.08. The van der Waals surface area contributed by atoms with Gasteiger partial charge in [0.25, 0.3) is 0 Å². The van der Waals surface area contributed by atoms with E-state index in [1.807, 2.05) is 0 Å². The Labute approximate surface area is 192 Å². The number of carboxylic acids is 1. The fourth-order valence-electron chi connectivity index (χ4n) is 7.91. The molecule has 0 amide bonds. The molecule has 166 valence electrons. The molecule has 5 nitrogen and oxygen atoms in total. The van der Waals surface area contributed by atoms with E-state index in [9.17, 15) is 19.2 Å². The molecule has 0 bridgehead atoms. The summed E-state index contributed by atoms with van der Waals surface area (Å²) in [6, 6.07) is 0. The Hall–Kier alpha value is -0.790. The van der Waals surface area contributed by atoms with Crippen molar-refractivity contribution in [3.63, 3.8) is 0 Å². The minimum absolute atomic E-state index is 0.0122. The number of carboxylic acid groups (broad SMARTS) is 1. The topological polar surface area (TPSA) is 88.5 Å². The number of Topliss-reactive ketones (excluding diaryl/α,β-unsaturated/α-hetero) is 3. The van der Waals surface area contributed by atoms with E-state index in [4.69, 9.17) is 5.11 Å². The standard InChI is InChI=1S/C24H33IO5/c1-21-12-15(26)9-10-22(21,2)17-11-18(27)23(3)14(5-4-6-20(29)30)7-8-16(23)24(17,25)19(28)13-21/h14,16-17H,4-13H2,1-3H3,(H,29,30). The number of aliphatic carboxylic acids is 1. The van der Waals surface area contributed by atoms with Crippen molar-refractivity contribution in [1.29, 1.82) is 0 Å². The van der Waals surface area contributed by atoms with Crippen molar-refractivity contribution < 1.29 is 24.3 Å². The maximum Gasteiger partial charge on any atom is 0.303 e. The zero-order valence-electron chi connectivity index (χ0n) is 18.3. The van der Waals surface area contributed by atoms with Gasteiger partial charge >= 0.3 is 5.97 Å². The average molecular weight is 528 g/mol. The summed E-state index contributed by atoms with van der Waals surface area (Å²) in [6.45, 7) is 6.39. The Balaban J connectivity index is 1.70. The molecule has 0 heterocycles. The SMILES string of the molecule is CC12C(=O)CC3C(I)(C(=O)CC4(C)CC(=O)CCC34C)C1CCC2CCCC(=O)O. The van der Waals surface area contributed by atoms with Gasteiger partial charge in [0.15, 0.2) is 0 Å². The van der Waals surface area contributed by atoms with E-state index in [2.05, 4.69) is 43.4 Å². The molecule has 7 unspecified atom stereocenters. The lowest BCUT2D eigenvalue weighted by molar-refractivity contribution is -0.170. The van der Waals surface area contributed by atoms with Gasteiger partial charge in [0, 0.05) is 37.5 Å². The van der Waals surface area contributed by atoms with Gasteiger partial charge in [0.1, 0.15) is 17.3 Å². The fraction of sp³-hybridized carbons (Fsp3) is 0.833. The summed E-state index contributed by atoms with van der Waals surface area (Å²) >= 11 is 2.42. The lowest BCUT2D eigenvalue weighted by atomic mass is 9.40. The van der Waals surface area contributed by atoms with Crippen LogP contribution in [0.25, 0.3) is 0 Å². The van der Waals surface area contributed by atoms with Crippen LogP contribution in [0, 0.1) is 34.0 Å². The lowest BCUT2D eigenvalue weighted by Crippen LogP contribution is -2.69. The first-order valence-electron chi connectivity index (χ1n) is 11.4. The molecule has 0 aromatic heterocycles. The van der Waals surface area contributed by atoms with Gasteiger partial charge in [-0.1, -0.05) is 43.4 Å². The number of halogens is 1. The van der Waals surface area contributed by atoms with Crippen LogP contribution in [-0.2, 0) is 19.2 Å². The second-order valence-electron chi connectivity index (χ2n) is 11.1. The third-order valence-electron chi connectivity index (χ3n) is 9.96. The monoisotopic (exact) mass is 528 g/mol. The van der Waals surface area contributed by atoms with Crippen LogP contribution in [0.15, 0.2) is 0 Å². The second kappa shape index (κ2) is 7.11. The second-order valence-corrected chi connectivity index (χ2v) is 12.9. The predicted molar refractivity (Wildman–Crippen MR) is 120 cm³/mol. The molecule has 4 fully saturated rings. The van der Waals surface area contributed by atoms with E-state index in [-0.39, 0.29) is 52.4 Å². The molecule has 0 aromatic rings. The van der Waals surface area contributed by atoms with E-state index in [1.165, 1.54) is 0 Å². The molecular weight excluding hydrogens is 495 g/mol. The number of carbonyl (C=O) groups is 4. The third-order valence-corrected chi connectivity index (χ3v) is 12.1. The summed E-state index contributed by atoms with van der Waals surface area (Å²) in [5, 5.41) is 9.01. The van der Waals surface area contributed by atoms with Crippen molar-refractivity contribution in [3.05, 3.63) is 0 Å². The summed E-state index contributed by atoms with van der Waals surface area (Å²) in [7, 11) is 0. The number of hydrogen-bond donors (Lipinski definition) is 1. The normalized spacial score (nSPS) is 48.1. The van der Waals surface area contributed by atoms with Gasteiger partial charge in [-0.3, -0.25) is 19.2 Å². The molecule has 0 aliphatic heterocycles. The van der Waals surface area contributed by atoms with Crippen LogP contribution in [0.1, 0.15) is 85.0 Å². The number of alkyl halides is 1. The zero-order valence-corrected chi connectivity index (χ0v) is 20.4. The van der Waals surface area contributed by atoms with E-state index in [0.29, 0.717) is 32.1 Å². The average Bonchev–Trinajstić information content (AvgIpc) is 2.99. The summed E-state index contributed by atoms with van der Waals surface area (Å²) in [4.78, 5) is 50.7. The molecule has 1 N–H and O–H groups in total. The smallest absolute Gasteiger partial charge is 0.303 e. The molecule has 6 heteroatoms. The van der Waals surface area contributed by atoms with Gasteiger partial charge in [0.2, 0.25) is 0 Å². The van der Waals surface area contributed by atoms with Crippen LogP contribution < -0.4 is 0 Å². The van der Waals surface area contributed by atoms with Gasteiger partial charge < -0.3 is 5.11 Å². The van der Waals surface area contributed by atoms with Crippen LogP contribution in [0.5, 0.6) is 0 Å². The first-order valence-corrected chi connectivity index (χ1v) is 12.5. The quantitative estimate of drug-likeness (QED) is 0.420. The van der Waals surface area contributed by atoms with Crippen molar-refractivity contribution in [2.45, 2.75) is 88.4 Å². The van der Waals surface area contributed by atoms with Gasteiger partial charge in [-0.2, -0.15) is 0 Å². The Bertz CT molecular complexity index is 822. The number of rotatable bonds is 4. The Morgan fingerprint density at radius 2 is 1.77 bits per heavy atom. The minimum atomic E-state index is -0.795. The molecule has 7 atom stereocenters. The molecule has 4 aliphatic carbocycles. The molecular formula is C24H33IO5. The number of fused-ring (bicyclic) bond motifs is 5. The lowest BCUT2D eigenvalue weighted by Gasteiger charge is -2.66. The fourth-order valence-corrected chi connectivity index (χ4v) is 9.97. The number of ketones is 3. The highest BCUT2D eigenvalue weighted by Gasteiger charge is 2.73. The van der Waals surface area contributed by atoms with Crippen LogP contribution >= 0.6 is 22.6 Å². The highest BCUT2D eigenvalue weighted by Crippen LogP contribution is 2.72. The summed E-state index contributed by atoms with van der Waals surface area (Å²) in [5.74, 6) is 0.0948. The van der Waals surface area contributed by atoms with Crippen molar-refractivity contribution in [2.24, 2.45) is 34.0 Å². The van der Waals surface area contributed by atoms with E-state index >= 15 is 0 Å². The molecule has 0 saturated heterocycles. The highest BCUT2D eigenvalue weighted by molar-refractivity contribution is 14.1. The van der Waals surface area contributed by atoms with Gasteiger partial charge in [-0.25, -0.2) is 0 Å². The summed E-state index contributed by atoms with van der Waals surface area (Å²) in [6.07, 6.45) is 5.82. The Morgan fingerprint density at radius 1 is 1.07 bits per heavy atom. The van der Waals surface area contributed by atoms with E-state index in [0.717, 1.165) is 25.7 Å². The Kier molecular flexibility index (Phi) is 5.31. The van der Waals surface area contributed by atoms with Gasteiger partial charge in [-0.15, -0.1) is 0 Å². The summed E-state index contributed by atoms with van der Waals surface area (Å²) < 4.78 is -0.559. The molecule has 4 saturated carbocycles. The van der Waals surface area contributed by atoms with E-state index < -0.39 is 14.8 Å². The number of hydrogen-bond acceptors (Lipinski definition) is 4. The Morgan fingerprint density at radius 3 is 2.43 bits per heavy atom. The van der Waals surface area contributed by atoms with Crippen molar-refractivity contribution in [3.8, 4) is 0 Å². The predicted octanol–water partition coefficient (Wildman–Crippen LogP) is 4.78. The molecule has 0 aromatic carbocycles. The first-order chi connectivity index (χ1) is 13.9. The minimum Gasteiger partial charge on any atom is -0.481 e. The van der Waals surface area contributed by atoms with Crippen molar-refractivity contribution >= 4 is 45.9 Å². The van der Waals surface area contributed by atoms with Gasteiger partial charge in [0.05, 0.1) is 3.42 Å².